The Morgan fingerprint density at radius 1 is 1.11 bits per heavy atom. The summed E-state index contributed by atoms with van der Waals surface area (Å²) in [4.78, 5) is 13.8. The molecule has 0 fully saturated rings. The predicted molar refractivity (Wildman–Crippen MR) is 110 cm³/mol. The summed E-state index contributed by atoms with van der Waals surface area (Å²) in [7, 11) is 1.69. The Morgan fingerprint density at radius 2 is 1.89 bits per heavy atom. The Morgan fingerprint density at radius 3 is 2.61 bits per heavy atom. The minimum absolute atomic E-state index is 0.171. The molecule has 6 nitrogen and oxygen atoms in total. The molecule has 1 atom stereocenters. The average molecular weight is 375 g/mol. The van der Waals surface area contributed by atoms with Gasteiger partial charge in [-0.1, -0.05) is 19.1 Å². The molecule has 1 aliphatic rings. The Bertz CT molecular complexity index is 928. The molecule has 0 saturated heterocycles. The van der Waals surface area contributed by atoms with E-state index in [4.69, 9.17) is 14.7 Å². The number of aromatic nitrogens is 3. The number of pyridine rings is 1. The van der Waals surface area contributed by atoms with E-state index in [1.54, 1.807) is 19.5 Å². The van der Waals surface area contributed by atoms with Gasteiger partial charge in [-0.05, 0) is 49.2 Å². The molecular formula is C22H25N5O. The molecule has 0 unspecified atom stereocenters. The normalized spacial score (nSPS) is 14.2. The van der Waals surface area contributed by atoms with Crippen LogP contribution < -0.4 is 15.4 Å². The number of rotatable bonds is 6. The molecule has 3 heterocycles. The van der Waals surface area contributed by atoms with Gasteiger partial charge in [0.05, 0.1) is 18.8 Å². The Kier molecular flexibility index (Phi) is 5.48. The zero-order valence-electron chi connectivity index (χ0n) is 16.3. The van der Waals surface area contributed by atoms with Gasteiger partial charge in [0.15, 0.2) is 5.82 Å². The zero-order valence-corrected chi connectivity index (χ0v) is 16.3. The standard InChI is InChI=1S/C22H25N5O/c1-3-19(15-4-6-17(28-2)7-5-15)25-22-18-10-13-24-14-20(18)26-21(27-22)16-8-11-23-12-9-16/h4-9,11-12,19,24H,3,10,13-14H2,1-2H3,(H,25,26,27)/t19-/m1/s1. The van der Waals surface area contributed by atoms with E-state index in [9.17, 15) is 0 Å². The lowest BCUT2D eigenvalue weighted by molar-refractivity contribution is 0.414. The van der Waals surface area contributed by atoms with Gasteiger partial charge in [-0.25, -0.2) is 9.97 Å². The second kappa shape index (κ2) is 8.35. The van der Waals surface area contributed by atoms with Gasteiger partial charge in [0.2, 0.25) is 0 Å². The summed E-state index contributed by atoms with van der Waals surface area (Å²) in [6.07, 6.45) is 5.42. The number of ether oxygens (including phenoxy) is 1. The molecule has 2 aromatic heterocycles. The SMILES string of the molecule is CC[C@@H](Nc1nc(-c2ccncc2)nc2c1CCNC2)c1ccc(OC)cc1. The summed E-state index contributed by atoms with van der Waals surface area (Å²) in [5.74, 6) is 2.53. The maximum Gasteiger partial charge on any atom is 0.161 e. The third-order valence-corrected chi connectivity index (χ3v) is 5.11. The first kappa shape index (κ1) is 18.4. The number of fused-ring (bicyclic) bond motifs is 1. The summed E-state index contributed by atoms with van der Waals surface area (Å²) >= 11 is 0. The van der Waals surface area contributed by atoms with Crippen LogP contribution in [0, 0.1) is 0 Å². The lowest BCUT2D eigenvalue weighted by Gasteiger charge is -2.24. The minimum Gasteiger partial charge on any atom is -0.497 e. The lowest BCUT2D eigenvalue weighted by atomic mass is 10.0. The number of methoxy groups -OCH3 is 1. The van der Waals surface area contributed by atoms with Crippen LogP contribution in [0.4, 0.5) is 5.82 Å². The molecule has 28 heavy (non-hydrogen) atoms. The van der Waals surface area contributed by atoms with Gasteiger partial charge in [-0.3, -0.25) is 4.98 Å². The first-order chi connectivity index (χ1) is 13.8. The highest BCUT2D eigenvalue weighted by Gasteiger charge is 2.20. The highest BCUT2D eigenvalue weighted by molar-refractivity contribution is 5.60. The van der Waals surface area contributed by atoms with Crippen molar-refractivity contribution in [2.75, 3.05) is 19.0 Å². The molecule has 6 heteroatoms. The Hall–Kier alpha value is -2.99. The van der Waals surface area contributed by atoms with E-state index >= 15 is 0 Å². The second-order valence-corrected chi connectivity index (χ2v) is 6.86. The van der Waals surface area contributed by atoms with E-state index in [2.05, 4.69) is 34.7 Å². The molecule has 1 aliphatic heterocycles. The molecule has 2 N–H and O–H groups in total. The Balaban J connectivity index is 1.70. The first-order valence-corrected chi connectivity index (χ1v) is 9.70. The van der Waals surface area contributed by atoms with Gasteiger partial charge in [0.1, 0.15) is 11.6 Å². The van der Waals surface area contributed by atoms with Crippen LogP contribution in [-0.2, 0) is 13.0 Å². The van der Waals surface area contributed by atoms with Crippen molar-refractivity contribution in [1.82, 2.24) is 20.3 Å². The number of nitrogens with zero attached hydrogens (tertiary/aromatic N) is 3. The van der Waals surface area contributed by atoms with Crippen molar-refractivity contribution in [2.45, 2.75) is 32.4 Å². The summed E-state index contributed by atoms with van der Waals surface area (Å²) in [5.41, 5.74) is 4.47. The van der Waals surface area contributed by atoms with Crippen LogP contribution in [0.3, 0.4) is 0 Å². The lowest BCUT2D eigenvalue weighted by Crippen LogP contribution is -2.27. The summed E-state index contributed by atoms with van der Waals surface area (Å²) in [6.45, 7) is 3.89. The van der Waals surface area contributed by atoms with Crippen LogP contribution in [0.1, 0.15) is 36.2 Å². The van der Waals surface area contributed by atoms with Crippen molar-refractivity contribution in [3.05, 3.63) is 65.6 Å². The second-order valence-electron chi connectivity index (χ2n) is 6.86. The van der Waals surface area contributed by atoms with Gasteiger partial charge < -0.3 is 15.4 Å². The maximum absolute atomic E-state index is 5.29. The highest BCUT2D eigenvalue weighted by atomic mass is 16.5. The van der Waals surface area contributed by atoms with Crippen molar-refractivity contribution < 1.29 is 4.74 Å². The number of benzene rings is 1. The minimum atomic E-state index is 0.171. The maximum atomic E-state index is 5.29. The molecule has 0 saturated carbocycles. The van der Waals surface area contributed by atoms with E-state index in [1.165, 1.54) is 11.1 Å². The van der Waals surface area contributed by atoms with E-state index in [0.717, 1.165) is 54.6 Å². The topological polar surface area (TPSA) is 72.0 Å². The quantitative estimate of drug-likeness (QED) is 0.684. The van der Waals surface area contributed by atoms with E-state index in [0.29, 0.717) is 0 Å². The van der Waals surface area contributed by atoms with E-state index in [-0.39, 0.29) is 6.04 Å². The summed E-state index contributed by atoms with van der Waals surface area (Å²) in [5, 5.41) is 7.10. The number of anilines is 1. The monoisotopic (exact) mass is 375 g/mol. The van der Waals surface area contributed by atoms with Gasteiger partial charge in [-0.15, -0.1) is 0 Å². The molecule has 0 aliphatic carbocycles. The van der Waals surface area contributed by atoms with Crippen LogP contribution in [-0.4, -0.2) is 28.6 Å². The molecule has 144 valence electrons. The van der Waals surface area contributed by atoms with Crippen LogP contribution in [0.25, 0.3) is 11.4 Å². The molecular weight excluding hydrogens is 350 g/mol. The van der Waals surface area contributed by atoms with Crippen molar-refractivity contribution in [3.63, 3.8) is 0 Å². The van der Waals surface area contributed by atoms with Crippen LogP contribution >= 0.6 is 0 Å². The van der Waals surface area contributed by atoms with Crippen molar-refractivity contribution in [2.24, 2.45) is 0 Å². The van der Waals surface area contributed by atoms with Crippen LogP contribution in [0.5, 0.6) is 5.75 Å². The molecule has 4 rings (SSSR count). The molecule has 1 aromatic carbocycles. The molecule has 0 spiro atoms. The van der Waals surface area contributed by atoms with Gasteiger partial charge in [0.25, 0.3) is 0 Å². The van der Waals surface area contributed by atoms with Gasteiger partial charge in [0, 0.05) is 30.1 Å². The van der Waals surface area contributed by atoms with Gasteiger partial charge in [-0.2, -0.15) is 0 Å². The third-order valence-electron chi connectivity index (χ3n) is 5.11. The van der Waals surface area contributed by atoms with Crippen molar-refractivity contribution in [3.8, 4) is 17.1 Å². The van der Waals surface area contributed by atoms with Crippen LogP contribution in [0.2, 0.25) is 0 Å². The third kappa shape index (κ3) is 3.82. The molecule has 0 radical (unpaired) electrons. The fourth-order valence-corrected chi connectivity index (χ4v) is 3.53. The predicted octanol–water partition coefficient (Wildman–Crippen LogP) is 3.76. The molecule has 0 amide bonds. The van der Waals surface area contributed by atoms with E-state index < -0.39 is 0 Å². The smallest absolute Gasteiger partial charge is 0.161 e. The highest BCUT2D eigenvalue weighted by Crippen LogP contribution is 2.29. The van der Waals surface area contributed by atoms with Gasteiger partial charge >= 0.3 is 0 Å². The number of nitrogens with one attached hydrogen (secondary N) is 2. The summed E-state index contributed by atoms with van der Waals surface area (Å²) < 4.78 is 5.29. The molecule has 0 bridgehead atoms. The van der Waals surface area contributed by atoms with Crippen molar-refractivity contribution >= 4 is 5.82 Å². The fourth-order valence-electron chi connectivity index (χ4n) is 3.53. The van der Waals surface area contributed by atoms with E-state index in [1.807, 2.05) is 24.3 Å². The van der Waals surface area contributed by atoms with Crippen molar-refractivity contribution in [1.29, 1.82) is 0 Å². The molecule has 3 aromatic rings. The number of hydrogen-bond acceptors (Lipinski definition) is 6. The summed E-state index contributed by atoms with van der Waals surface area (Å²) in [6, 6.07) is 12.3. The first-order valence-electron chi connectivity index (χ1n) is 9.70. The zero-order chi connectivity index (χ0) is 19.3. The number of hydrogen-bond donors (Lipinski definition) is 2. The largest absolute Gasteiger partial charge is 0.497 e. The average Bonchev–Trinajstić information content (AvgIpc) is 2.78. The fraction of sp³-hybridized carbons (Fsp3) is 0.318. The van der Waals surface area contributed by atoms with Crippen LogP contribution in [0.15, 0.2) is 48.8 Å². The Labute approximate surface area is 165 Å².